The molecule has 110 valence electrons. The van der Waals surface area contributed by atoms with Gasteiger partial charge in [0.05, 0.1) is 0 Å². The lowest BCUT2D eigenvalue weighted by Crippen LogP contribution is -2.19. The van der Waals surface area contributed by atoms with Gasteiger partial charge in [-0.3, -0.25) is 0 Å². The van der Waals surface area contributed by atoms with Crippen LogP contribution in [0.3, 0.4) is 0 Å². The van der Waals surface area contributed by atoms with Crippen molar-refractivity contribution in [1.82, 2.24) is 0 Å². The summed E-state index contributed by atoms with van der Waals surface area (Å²) in [5.74, 6) is 0. The van der Waals surface area contributed by atoms with Crippen LogP contribution in [0.4, 0.5) is 11.4 Å². The van der Waals surface area contributed by atoms with Gasteiger partial charge in [-0.15, -0.1) is 0 Å². The van der Waals surface area contributed by atoms with Crippen LogP contribution < -0.4 is 10.6 Å². The summed E-state index contributed by atoms with van der Waals surface area (Å²) in [5, 5.41) is 9.54. The minimum absolute atomic E-state index is 0.601. The number of rotatable bonds is 2. The maximum absolute atomic E-state index is 5.42. The smallest absolute Gasteiger partial charge is 0.175 e. The molecule has 0 aliphatic heterocycles. The zero-order valence-electron chi connectivity index (χ0n) is 12.7. The Balaban J connectivity index is 1.76. The van der Waals surface area contributed by atoms with Crippen LogP contribution in [0.15, 0.2) is 60.7 Å². The van der Waals surface area contributed by atoms with Crippen molar-refractivity contribution < 1.29 is 0 Å². The van der Waals surface area contributed by atoms with Crippen molar-refractivity contribution in [2.75, 3.05) is 10.6 Å². The molecule has 0 aliphatic carbocycles. The van der Waals surface area contributed by atoms with Crippen LogP contribution in [-0.4, -0.2) is 5.11 Å². The van der Waals surface area contributed by atoms with Crippen LogP contribution in [0.1, 0.15) is 11.1 Å². The van der Waals surface area contributed by atoms with Gasteiger partial charge in [0, 0.05) is 11.4 Å². The van der Waals surface area contributed by atoms with E-state index < -0.39 is 0 Å². The molecule has 2 N–H and O–H groups in total. The summed E-state index contributed by atoms with van der Waals surface area (Å²) >= 11 is 5.42. The third kappa shape index (κ3) is 3.26. The van der Waals surface area contributed by atoms with E-state index in [2.05, 4.69) is 66.9 Å². The van der Waals surface area contributed by atoms with Crippen molar-refractivity contribution in [3.05, 3.63) is 71.8 Å². The largest absolute Gasteiger partial charge is 0.332 e. The fraction of sp³-hybridized carbons (Fsp3) is 0.105. The van der Waals surface area contributed by atoms with Gasteiger partial charge in [0.25, 0.3) is 0 Å². The molecule has 3 aromatic rings. The fourth-order valence-electron chi connectivity index (χ4n) is 2.42. The Labute approximate surface area is 136 Å². The molecule has 0 saturated heterocycles. The highest BCUT2D eigenvalue weighted by atomic mass is 32.1. The van der Waals surface area contributed by atoms with E-state index in [1.807, 2.05) is 18.2 Å². The SMILES string of the molecule is Cc1ccc(C)c(NC(=S)Nc2ccc3ccccc3c2)c1. The lowest BCUT2D eigenvalue weighted by atomic mass is 10.1. The van der Waals surface area contributed by atoms with Crippen LogP contribution >= 0.6 is 12.2 Å². The van der Waals surface area contributed by atoms with E-state index in [-0.39, 0.29) is 0 Å². The molecule has 0 amide bonds. The first-order valence-electron chi connectivity index (χ1n) is 7.26. The second kappa shape index (κ2) is 6.16. The molecule has 0 atom stereocenters. The van der Waals surface area contributed by atoms with Crippen molar-refractivity contribution in [3.8, 4) is 0 Å². The highest BCUT2D eigenvalue weighted by Crippen LogP contribution is 2.20. The van der Waals surface area contributed by atoms with Gasteiger partial charge < -0.3 is 10.6 Å². The first kappa shape index (κ1) is 14.5. The lowest BCUT2D eigenvalue weighted by Gasteiger charge is -2.13. The van der Waals surface area contributed by atoms with Crippen molar-refractivity contribution in [2.24, 2.45) is 0 Å². The number of anilines is 2. The van der Waals surface area contributed by atoms with Gasteiger partial charge in [0.2, 0.25) is 0 Å². The molecule has 2 nitrogen and oxygen atoms in total. The number of fused-ring (bicyclic) bond motifs is 1. The Kier molecular flexibility index (Phi) is 4.07. The van der Waals surface area contributed by atoms with E-state index in [1.165, 1.54) is 21.9 Å². The summed E-state index contributed by atoms with van der Waals surface area (Å²) in [6.45, 7) is 4.14. The number of benzene rings is 3. The average Bonchev–Trinajstić information content (AvgIpc) is 2.51. The summed E-state index contributed by atoms with van der Waals surface area (Å²) in [6, 6.07) is 20.8. The van der Waals surface area contributed by atoms with Crippen LogP contribution in [-0.2, 0) is 0 Å². The highest BCUT2D eigenvalue weighted by Gasteiger charge is 2.03. The van der Waals surface area contributed by atoms with E-state index in [0.717, 1.165) is 11.4 Å². The fourth-order valence-corrected chi connectivity index (χ4v) is 2.65. The summed E-state index contributed by atoms with van der Waals surface area (Å²) < 4.78 is 0. The molecular formula is C19H18N2S. The van der Waals surface area contributed by atoms with Gasteiger partial charge in [-0.05, 0) is 66.2 Å². The van der Waals surface area contributed by atoms with Crippen LogP contribution in [0.2, 0.25) is 0 Å². The van der Waals surface area contributed by atoms with Gasteiger partial charge in [-0.25, -0.2) is 0 Å². The van der Waals surface area contributed by atoms with E-state index in [1.54, 1.807) is 0 Å². The Morgan fingerprint density at radius 3 is 2.41 bits per heavy atom. The minimum atomic E-state index is 0.601. The Morgan fingerprint density at radius 1 is 0.818 bits per heavy atom. The molecule has 0 fully saturated rings. The molecule has 0 bridgehead atoms. The monoisotopic (exact) mass is 306 g/mol. The van der Waals surface area contributed by atoms with Gasteiger partial charge >= 0.3 is 0 Å². The van der Waals surface area contributed by atoms with Crippen molar-refractivity contribution in [2.45, 2.75) is 13.8 Å². The molecule has 0 saturated carbocycles. The summed E-state index contributed by atoms with van der Waals surface area (Å²) in [4.78, 5) is 0. The molecule has 3 rings (SSSR count). The quantitative estimate of drug-likeness (QED) is 0.631. The molecular weight excluding hydrogens is 288 g/mol. The molecule has 0 spiro atoms. The summed E-state index contributed by atoms with van der Waals surface area (Å²) in [5.41, 5.74) is 4.41. The Bertz CT molecular complexity index is 840. The standard InChI is InChI=1S/C19H18N2S/c1-13-7-8-14(2)18(11-13)21-19(22)20-17-10-9-15-5-3-4-6-16(15)12-17/h3-12H,1-2H3,(H2,20,21,22). The van der Waals surface area contributed by atoms with Crippen molar-refractivity contribution in [1.29, 1.82) is 0 Å². The van der Waals surface area contributed by atoms with Gasteiger partial charge in [-0.2, -0.15) is 0 Å². The lowest BCUT2D eigenvalue weighted by molar-refractivity contribution is 1.39. The zero-order chi connectivity index (χ0) is 15.5. The second-order valence-electron chi connectivity index (χ2n) is 5.46. The van der Waals surface area contributed by atoms with E-state index in [9.17, 15) is 0 Å². The molecule has 3 heteroatoms. The predicted molar refractivity (Wildman–Crippen MR) is 99.7 cm³/mol. The maximum atomic E-state index is 5.42. The number of thiocarbonyl (C=S) groups is 1. The number of hydrogen-bond acceptors (Lipinski definition) is 1. The molecule has 0 radical (unpaired) electrons. The zero-order valence-corrected chi connectivity index (χ0v) is 13.5. The van der Waals surface area contributed by atoms with Gasteiger partial charge in [0.1, 0.15) is 0 Å². The highest BCUT2D eigenvalue weighted by molar-refractivity contribution is 7.80. The summed E-state index contributed by atoms with van der Waals surface area (Å²) in [6.07, 6.45) is 0. The molecule has 0 heterocycles. The summed E-state index contributed by atoms with van der Waals surface area (Å²) in [7, 11) is 0. The van der Waals surface area contributed by atoms with Crippen LogP contribution in [0, 0.1) is 13.8 Å². The number of hydrogen-bond donors (Lipinski definition) is 2. The molecule has 0 unspecified atom stereocenters. The number of aryl methyl sites for hydroxylation is 2. The Morgan fingerprint density at radius 2 is 1.59 bits per heavy atom. The van der Waals surface area contributed by atoms with Crippen molar-refractivity contribution >= 4 is 39.5 Å². The predicted octanol–water partition coefficient (Wildman–Crippen LogP) is 5.27. The Hall–Kier alpha value is -2.39. The molecule has 0 aromatic heterocycles. The van der Waals surface area contributed by atoms with Crippen LogP contribution in [0.5, 0.6) is 0 Å². The molecule has 22 heavy (non-hydrogen) atoms. The van der Waals surface area contributed by atoms with Gasteiger partial charge in [0.15, 0.2) is 5.11 Å². The second-order valence-corrected chi connectivity index (χ2v) is 5.87. The maximum Gasteiger partial charge on any atom is 0.175 e. The molecule has 0 aliphatic rings. The number of nitrogens with one attached hydrogen (secondary N) is 2. The third-order valence-corrected chi connectivity index (χ3v) is 3.85. The normalized spacial score (nSPS) is 10.5. The van der Waals surface area contributed by atoms with Crippen LogP contribution in [0.25, 0.3) is 10.8 Å². The van der Waals surface area contributed by atoms with E-state index >= 15 is 0 Å². The first-order chi connectivity index (χ1) is 10.6. The van der Waals surface area contributed by atoms with Gasteiger partial charge in [-0.1, -0.05) is 42.5 Å². The van der Waals surface area contributed by atoms with E-state index in [0.29, 0.717) is 5.11 Å². The average molecular weight is 306 g/mol. The topological polar surface area (TPSA) is 24.1 Å². The van der Waals surface area contributed by atoms with Crippen molar-refractivity contribution in [3.63, 3.8) is 0 Å². The first-order valence-corrected chi connectivity index (χ1v) is 7.67. The van der Waals surface area contributed by atoms with E-state index in [4.69, 9.17) is 12.2 Å². The molecule has 3 aromatic carbocycles. The third-order valence-electron chi connectivity index (χ3n) is 3.65. The minimum Gasteiger partial charge on any atom is -0.332 e.